The zero-order valence-electron chi connectivity index (χ0n) is 17.5. The van der Waals surface area contributed by atoms with Gasteiger partial charge < -0.3 is 19.5 Å². The van der Waals surface area contributed by atoms with E-state index in [9.17, 15) is 9.90 Å². The number of nitrogens with zero attached hydrogens (tertiary/aromatic N) is 3. The Kier molecular flexibility index (Phi) is 8.89. The van der Waals surface area contributed by atoms with Gasteiger partial charge in [0.15, 0.2) is 0 Å². The molecular formula is C22H35N3O4. The third kappa shape index (κ3) is 7.68. The predicted octanol–water partition coefficient (Wildman–Crippen LogP) is 0.472. The van der Waals surface area contributed by atoms with Crippen LogP contribution in [-0.4, -0.2) is 110 Å². The number of β-amino-alcohol motifs (C(OH)–C–C–N with tert-alkyl or cyclic N) is 1. The number of aliphatic hydroxyl groups excluding tert-OH is 1. The van der Waals surface area contributed by atoms with Crippen LogP contribution in [-0.2, 0) is 20.7 Å². The molecule has 162 valence electrons. The van der Waals surface area contributed by atoms with Crippen molar-refractivity contribution < 1.29 is 19.4 Å². The fourth-order valence-electron chi connectivity index (χ4n) is 3.96. The van der Waals surface area contributed by atoms with Gasteiger partial charge in [0.25, 0.3) is 0 Å². The van der Waals surface area contributed by atoms with Gasteiger partial charge in [-0.1, -0.05) is 30.3 Å². The summed E-state index contributed by atoms with van der Waals surface area (Å²) in [6, 6.07) is 9.91. The highest BCUT2D eigenvalue weighted by Crippen LogP contribution is 2.11. The van der Waals surface area contributed by atoms with Gasteiger partial charge in [-0.3, -0.25) is 14.6 Å². The Hall–Kier alpha value is -1.51. The Bertz CT molecular complexity index is 607. The lowest BCUT2D eigenvalue weighted by Crippen LogP contribution is -2.51. The average Bonchev–Trinajstić information content (AvgIpc) is 2.72. The molecule has 0 saturated carbocycles. The van der Waals surface area contributed by atoms with Crippen molar-refractivity contribution >= 4 is 5.91 Å². The highest BCUT2D eigenvalue weighted by molar-refractivity contribution is 5.78. The Balaban J connectivity index is 1.58. The summed E-state index contributed by atoms with van der Waals surface area (Å²) in [7, 11) is 0. The SMILES string of the molecule is CC(O)CN1CCOC(CN(CCN2CCOCC2)C(=O)Cc2ccccc2)C1. The van der Waals surface area contributed by atoms with Gasteiger partial charge in [0.05, 0.1) is 38.4 Å². The summed E-state index contributed by atoms with van der Waals surface area (Å²) in [5.74, 6) is 0.140. The topological polar surface area (TPSA) is 65.5 Å². The summed E-state index contributed by atoms with van der Waals surface area (Å²) in [6.07, 6.45) is 0.0337. The van der Waals surface area contributed by atoms with Crippen molar-refractivity contribution in [2.45, 2.75) is 25.6 Å². The van der Waals surface area contributed by atoms with E-state index < -0.39 is 0 Å². The molecule has 0 aliphatic carbocycles. The molecule has 0 aromatic heterocycles. The number of hydrogen-bond donors (Lipinski definition) is 1. The number of aliphatic hydroxyl groups is 1. The normalized spacial score (nSPS) is 22.3. The van der Waals surface area contributed by atoms with Crippen molar-refractivity contribution in [3.8, 4) is 0 Å². The van der Waals surface area contributed by atoms with Gasteiger partial charge in [0.2, 0.25) is 5.91 Å². The molecule has 1 aromatic carbocycles. The summed E-state index contributed by atoms with van der Waals surface area (Å²) in [6.45, 7) is 10.2. The molecule has 2 aliphatic heterocycles. The minimum atomic E-state index is -0.356. The quantitative estimate of drug-likeness (QED) is 0.644. The third-order valence-electron chi connectivity index (χ3n) is 5.51. The van der Waals surface area contributed by atoms with Crippen LogP contribution in [0, 0.1) is 0 Å². The molecule has 0 radical (unpaired) electrons. The predicted molar refractivity (Wildman–Crippen MR) is 112 cm³/mol. The highest BCUT2D eigenvalue weighted by atomic mass is 16.5. The molecular weight excluding hydrogens is 370 g/mol. The van der Waals surface area contributed by atoms with E-state index in [1.54, 1.807) is 0 Å². The fraction of sp³-hybridized carbons (Fsp3) is 0.682. The summed E-state index contributed by atoms with van der Waals surface area (Å²) < 4.78 is 11.4. The van der Waals surface area contributed by atoms with E-state index in [1.165, 1.54) is 0 Å². The van der Waals surface area contributed by atoms with Crippen LogP contribution in [0.1, 0.15) is 12.5 Å². The number of amides is 1. The van der Waals surface area contributed by atoms with Crippen LogP contribution in [0.3, 0.4) is 0 Å². The van der Waals surface area contributed by atoms with Crippen molar-refractivity contribution in [2.24, 2.45) is 0 Å². The van der Waals surface area contributed by atoms with Crippen molar-refractivity contribution in [3.63, 3.8) is 0 Å². The number of benzene rings is 1. The largest absolute Gasteiger partial charge is 0.392 e. The zero-order valence-corrected chi connectivity index (χ0v) is 17.5. The first kappa shape index (κ1) is 22.2. The Labute approximate surface area is 174 Å². The molecule has 2 unspecified atom stereocenters. The number of carbonyl (C=O) groups excluding carboxylic acids is 1. The molecule has 2 heterocycles. The second kappa shape index (κ2) is 11.6. The lowest BCUT2D eigenvalue weighted by atomic mass is 10.1. The van der Waals surface area contributed by atoms with E-state index in [0.29, 0.717) is 32.7 Å². The molecule has 3 rings (SSSR count). The molecule has 29 heavy (non-hydrogen) atoms. The monoisotopic (exact) mass is 405 g/mol. The maximum absolute atomic E-state index is 13.1. The van der Waals surface area contributed by atoms with Crippen LogP contribution in [0.4, 0.5) is 0 Å². The van der Waals surface area contributed by atoms with E-state index in [-0.39, 0.29) is 18.1 Å². The number of carbonyl (C=O) groups is 1. The minimum Gasteiger partial charge on any atom is -0.392 e. The third-order valence-corrected chi connectivity index (χ3v) is 5.51. The van der Waals surface area contributed by atoms with E-state index in [2.05, 4.69) is 9.80 Å². The summed E-state index contributed by atoms with van der Waals surface area (Å²) in [5, 5.41) is 9.69. The Morgan fingerprint density at radius 3 is 2.62 bits per heavy atom. The van der Waals surface area contributed by atoms with Gasteiger partial charge in [0.1, 0.15) is 0 Å². The van der Waals surface area contributed by atoms with Crippen LogP contribution in [0.25, 0.3) is 0 Å². The van der Waals surface area contributed by atoms with Crippen LogP contribution in [0.15, 0.2) is 30.3 Å². The van der Waals surface area contributed by atoms with E-state index in [4.69, 9.17) is 9.47 Å². The molecule has 1 amide bonds. The lowest BCUT2D eigenvalue weighted by molar-refractivity contribution is -0.134. The Morgan fingerprint density at radius 2 is 1.90 bits per heavy atom. The molecule has 2 atom stereocenters. The molecule has 7 heteroatoms. The lowest BCUT2D eigenvalue weighted by Gasteiger charge is -2.37. The zero-order chi connectivity index (χ0) is 20.5. The second-order valence-electron chi connectivity index (χ2n) is 8.06. The van der Waals surface area contributed by atoms with Gasteiger partial charge in [0, 0.05) is 52.4 Å². The van der Waals surface area contributed by atoms with Gasteiger partial charge in [-0.2, -0.15) is 0 Å². The molecule has 2 aliphatic rings. The first-order chi connectivity index (χ1) is 14.1. The van der Waals surface area contributed by atoms with Crippen molar-refractivity contribution in [1.29, 1.82) is 0 Å². The number of hydrogen-bond acceptors (Lipinski definition) is 6. The second-order valence-corrected chi connectivity index (χ2v) is 8.06. The Morgan fingerprint density at radius 1 is 1.17 bits per heavy atom. The van der Waals surface area contributed by atoms with Crippen molar-refractivity contribution in [2.75, 3.05) is 72.2 Å². The van der Waals surface area contributed by atoms with E-state index >= 15 is 0 Å². The highest BCUT2D eigenvalue weighted by Gasteiger charge is 2.26. The van der Waals surface area contributed by atoms with Gasteiger partial charge >= 0.3 is 0 Å². The molecule has 2 fully saturated rings. The van der Waals surface area contributed by atoms with E-state index in [0.717, 1.165) is 51.5 Å². The molecule has 1 aromatic rings. The first-order valence-corrected chi connectivity index (χ1v) is 10.7. The van der Waals surface area contributed by atoms with Crippen LogP contribution in [0.2, 0.25) is 0 Å². The molecule has 0 spiro atoms. The number of rotatable bonds is 9. The van der Waals surface area contributed by atoms with Crippen molar-refractivity contribution in [3.05, 3.63) is 35.9 Å². The van der Waals surface area contributed by atoms with Crippen LogP contribution < -0.4 is 0 Å². The fourth-order valence-corrected chi connectivity index (χ4v) is 3.96. The molecule has 0 bridgehead atoms. The minimum absolute atomic E-state index is 0.0214. The average molecular weight is 406 g/mol. The maximum atomic E-state index is 13.1. The molecule has 2 saturated heterocycles. The van der Waals surface area contributed by atoms with Gasteiger partial charge in [-0.05, 0) is 12.5 Å². The van der Waals surface area contributed by atoms with Gasteiger partial charge in [-0.15, -0.1) is 0 Å². The smallest absolute Gasteiger partial charge is 0.227 e. The summed E-state index contributed by atoms with van der Waals surface area (Å²) in [4.78, 5) is 19.6. The molecule has 1 N–H and O–H groups in total. The summed E-state index contributed by atoms with van der Waals surface area (Å²) in [5.41, 5.74) is 1.04. The van der Waals surface area contributed by atoms with Crippen molar-refractivity contribution in [1.82, 2.24) is 14.7 Å². The first-order valence-electron chi connectivity index (χ1n) is 10.7. The van der Waals surface area contributed by atoms with E-state index in [1.807, 2.05) is 42.2 Å². The van der Waals surface area contributed by atoms with Crippen LogP contribution in [0.5, 0.6) is 0 Å². The van der Waals surface area contributed by atoms with Gasteiger partial charge in [-0.25, -0.2) is 0 Å². The standard InChI is InChI=1S/C22H35N3O4/c1-19(26)16-24-11-14-29-21(17-24)18-25(8-7-23-9-12-28-13-10-23)22(27)15-20-5-3-2-4-6-20/h2-6,19,21,26H,7-18H2,1H3. The maximum Gasteiger partial charge on any atom is 0.227 e. The van der Waals surface area contributed by atoms with Crippen LogP contribution >= 0.6 is 0 Å². The molecule has 7 nitrogen and oxygen atoms in total. The number of morpholine rings is 2. The number of ether oxygens (including phenoxy) is 2. The summed E-state index contributed by atoms with van der Waals surface area (Å²) >= 11 is 0.